The smallest absolute Gasteiger partial charge is 0.173 e. The molecule has 7 heteroatoms. The molecule has 2 fully saturated rings. The van der Waals surface area contributed by atoms with Crippen molar-refractivity contribution in [1.29, 1.82) is 0 Å². The molecule has 1 saturated heterocycles. The van der Waals surface area contributed by atoms with Crippen molar-refractivity contribution in [3.8, 4) is 5.75 Å². The zero-order valence-corrected chi connectivity index (χ0v) is 17.1. The zero-order valence-electron chi connectivity index (χ0n) is 17.1. The lowest BCUT2D eigenvalue weighted by Gasteiger charge is -2.38. The minimum absolute atomic E-state index is 0.0845. The van der Waals surface area contributed by atoms with Crippen LogP contribution in [0.5, 0.6) is 5.75 Å². The molecule has 4 rings (SSSR count). The van der Waals surface area contributed by atoms with Crippen molar-refractivity contribution >= 4 is 0 Å². The largest absolute Gasteiger partial charge is 0.494 e. The van der Waals surface area contributed by atoms with Gasteiger partial charge in [-0.25, -0.2) is 4.68 Å². The van der Waals surface area contributed by atoms with E-state index in [-0.39, 0.29) is 6.04 Å². The summed E-state index contributed by atoms with van der Waals surface area (Å²) in [7, 11) is 2.19. The van der Waals surface area contributed by atoms with Crippen LogP contribution < -0.4 is 4.74 Å². The average Bonchev–Trinajstić information content (AvgIpc) is 3.21. The monoisotopic (exact) mass is 384 g/mol. The van der Waals surface area contributed by atoms with E-state index < -0.39 is 0 Å². The van der Waals surface area contributed by atoms with E-state index >= 15 is 0 Å². The van der Waals surface area contributed by atoms with Crippen LogP contribution in [0.3, 0.4) is 0 Å². The van der Waals surface area contributed by atoms with Crippen molar-refractivity contribution in [2.75, 3.05) is 39.8 Å². The lowest BCUT2D eigenvalue weighted by atomic mass is 9.95. The van der Waals surface area contributed by atoms with E-state index in [0.717, 1.165) is 37.8 Å². The van der Waals surface area contributed by atoms with Crippen molar-refractivity contribution in [2.45, 2.75) is 51.1 Å². The quantitative estimate of drug-likeness (QED) is 0.763. The molecular weight excluding hydrogens is 352 g/mol. The Morgan fingerprint density at radius 3 is 2.43 bits per heavy atom. The summed E-state index contributed by atoms with van der Waals surface area (Å²) in [6.07, 6.45) is 6.22. The van der Waals surface area contributed by atoms with Gasteiger partial charge in [0.05, 0.1) is 18.7 Å². The third-order valence-corrected chi connectivity index (χ3v) is 6.09. The normalized spacial score (nSPS) is 20.9. The van der Waals surface area contributed by atoms with E-state index in [1.54, 1.807) is 0 Å². The van der Waals surface area contributed by atoms with E-state index in [1.807, 2.05) is 6.92 Å². The molecule has 0 radical (unpaired) electrons. The number of nitrogens with zero attached hydrogens (tertiary/aromatic N) is 6. The van der Waals surface area contributed by atoms with Gasteiger partial charge >= 0.3 is 0 Å². The molecule has 28 heavy (non-hydrogen) atoms. The van der Waals surface area contributed by atoms with E-state index in [4.69, 9.17) is 4.74 Å². The predicted molar refractivity (Wildman–Crippen MR) is 108 cm³/mol. The van der Waals surface area contributed by atoms with Crippen LogP contribution in [0.2, 0.25) is 0 Å². The summed E-state index contributed by atoms with van der Waals surface area (Å²) in [4.78, 5) is 4.91. The first-order valence-corrected chi connectivity index (χ1v) is 10.7. The Bertz CT molecular complexity index is 732. The van der Waals surface area contributed by atoms with Gasteiger partial charge in [0.25, 0.3) is 0 Å². The van der Waals surface area contributed by atoms with E-state index in [0.29, 0.717) is 12.6 Å². The van der Waals surface area contributed by atoms with Gasteiger partial charge in [-0.2, -0.15) is 0 Å². The maximum Gasteiger partial charge on any atom is 0.173 e. The molecule has 2 aromatic rings. The highest BCUT2D eigenvalue weighted by molar-refractivity contribution is 5.32. The third-order valence-electron chi connectivity index (χ3n) is 6.09. The number of aromatic nitrogens is 4. The van der Waals surface area contributed by atoms with Gasteiger partial charge in [0.1, 0.15) is 5.75 Å². The van der Waals surface area contributed by atoms with Crippen LogP contribution in [0, 0.1) is 0 Å². The van der Waals surface area contributed by atoms with Crippen molar-refractivity contribution in [3.05, 3.63) is 35.7 Å². The minimum Gasteiger partial charge on any atom is -0.494 e. The number of likely N-dealkylation sites (N-methyl/N-ethyl adjacent to an activating group) is 1. The molecule has 1 aliphatic heterocycles. The number of hydrogen-bond acceptors (Lipinski definition) is 6. The average molecular weight is 385 g/mol. The second kappa shape index (κ2) is 9.01. The molecule has 2 aliphatic rings. The van der Waals surface area contributed by atoms with Gasteiger partial charge in [0.15, 0.2) is 5.82 Å². The van der Waals surface area contributed by atoms with Crippen molar-refractivity contribution < 1.29 is 4.74 Å². The highest BCUT2D eigenvalue weighted by Crippen LogP contribution is 2.34. The molecule has 1 aromatic heterocycles. The van der Waals surface area contributed by atoms with Crippen molar-refractivity contribution in [1.82, 2.24) is 30.0 Å². The summed E-state index contributed by atoms with van der Waals surface area (Å²) < 4.78 is 7.77. The highest BCUT2D eigenvalue weighted by Gasteiger charge is 2.32. The molecule has 7 nitrogen and oxygen atoms in total. The van der Waals surface area contributed by atoms with Crippen LogP contribution in [0.1, 0.15) is 62.5 Å². The lowest BCUT2D eigenvalue weighted by molar-refractivity contribution is 0.119. The molecule has 1 aromatic carbocycles. The summed E-state index contributed by atoms with van der Waals surface area (Å²) >= 11 is 0. The fourth-order valence-corrected chi connectivity index (χ4v) is 4.48. The Morgan fingerprint density at radius 1 is 1.04 bits per heavy atom. The molecule has 1 aliphatic carbocycles. The molecule has 0 bridgehead atoms. The lowest BCUT2D eigenvalue weighted by Crippen LogP contribution is -2.46. The van der Waals surface area contributed by atoms with E-state index in [9.17, 15) is 0 Å². The summed E-state index contributed by atoms with van der Waals surface area (Å²) in [5.74, 6) is 1.90. The number of piperazine rings is 1. The molecule has 0 spiro atoms. The van der Waals surface area contributed by atoms with E-state index in [2.05, 4.69) is 61.3 Å². The highest BCUT2D eigenvalue weighted by atomic mass is 16.5. The second-order valence-electron chi connectivity index (χ2n) is 8.02. The number of hydrogen-bond donors (Lipinski definition) is 0. The molecular formula is C21H32N6O. The molecule has 0 N–H and O–H groups in total. The Labute approximate surface area is 167 Å². The first-order valence-electron chi connectivity index (χ1n) is 10.7. The van der Waals surface area contributed by atoms with Crippen LogP contribution >= 0.6 is 0 Å². The summed E-state index contributed by atoms with van der Waals surface area (Å²) in [6, 6.07) is 8.99. The van der Waals surface area contributed by atoms with Crippen LogP contribution in [-0.2, 0) is 0 Å². The number of tetrazole rings is 1. The summed E-state index contributed by atoms with van der Waals surface area (Å²) in [5.41, 5.74) is 1.24. The van der Waals surface area contributed by atoms with Crippen molar-refractivity contribution in [2.24, 2.45) is 0 Å². The molecule has 1 atom stereocenters. The van der Waals surface area contributed by atoms with Gasteiger partial charge in [-0.3, -0.25) is 4.90 Å². The van der Waals surface area contributed by atoms with Crippen LogP contribution in [-0.4, -0.2) is 69.8 Å². The predicted octanol–water partition coefficient (Wildman–Crippen LogP) is 2.91. The SMILES string of the molecule is CCOc1ccc([C@H](c2nnnn2C2CCCCC2)N2CCN(C)CC2)cc1. The van der Waals surface area contributed by atoms with Gasteiger partial charge in [0.2, 0.25) is 0 Å². The first kappa shape index (κ1) is 19.3. The van der Waals surface area contributed by atoms with Gasteiger partial charge in [0, 0.05) is 26.2 Å². The molecule has 2 heterocycles. The first-order chi connectivity index (χ1) is 13.8. The Hall–Kier alpha value is -1.99. The molecule has 1 saturated carbocycles. The minimum atomic E-state index is 0.0845. The number of rotatable bonds is 6. The molecule has 152 valence electrons. The topological polar surface area (TPSA) is 59.3 Å². The summed E-state index contributed by atoms with van der Waals surface area (Å²) in [5, 5.41) is 13.1. The fraction of sp³-hybridized carbons (Fsp3) is 0.667. The van der Waals surface area contributed by atoms with E-state index in [1.165, 1.54) is 37.7 Å². The maximum atomic E-state index is 5.64. The Morgan fingerprint density at radius 2 is 1.75 bits per heavy atom. The maximum absolute atomic E-state index is 5.64. The van der Waals surface area contributed by atoms with Gasteiger partial charge < -0.3 is 9.64 Å². The van der Waals surface area contributed by atoms with Crippen LogP contribution in [0.4, 0.5) is 0 Å². The molecule has 0 unspecified atom stereocenters. The van der Waals surface area contributed by atoms with Gasteiger partial charge in [-0.05, 0) is 54.9 Å². The second-order valence-corrected chi connectivity index (χ2v) is 8.02. The number of ether oxygens (including phenoxy) is 1. The third kappa shape index (κ3) is 4.20. The summed E-state index contributed by atoms with van der Waals surface area (Å²) in [6.45, 7) is 6.87. The van der Waals surface area contributed by atoms with Crippen LogP contribution in [0.15, 0.2) is 24.3 Å². The zero-order chi connectivity index (χ0) is 19.3. The standard InChI is InChI=1S/C21H32N6O/c1-3-28-19-11-9-17(10-12-19)20(26-15-13-25(2)14-16-26)21-22-23-24-27(21)18-7-5-4-6-8-18/h9-12,18,20H,3-8,13-16H2,1-2H3/t20-/m1/s1. The van der Waals surface area contributed by atoms with Gasteiger partial charge in [-0.1, -0.05) is 31.4 Å². The number of benzene rings is 1. The molecule has 0 amide bonds. The van der Waals surface area contributed by atoms with Crippen molar-refractivity contribution in [3.63, 3.8) is 0 Å². The fourth-order valence-electron chi connectivity index (χ4n) is 4.48. The Kier molecular flexibility index (Phi) is 6.22. The van der Waals surface area contributed by atoms with Crippen LogP contribution in [0.25, 0.3) is 0 Å². The van der Waals surface area contributed by atoms with Gasteiger partial charge in [-0.15, -0.1) is 5.10 Å². The Balaban J connectivity index is 1.66.